The number of rotatable bonds is 2. The maximum absolute atomic E-state index is 5.57. The van der Waals surface area contributed by atoms with Crippen LogP contribution in [0.1, 0.15) is 18.7 Å². The molecule has 3 N–H and O–H groups in total. The highest BCUT2D eigenvalue weighted by molar-refractivity contribution is 5.79. The van der Waals surface area contributed by atoms with E-state index < -0.39 is 0 Å². The number of hydrogen-bond acceptors (Lipinski definition) is 3. The Hall–Kier alpha value is -1.55. The molecule has 0 bridgehead atoms. The summed E-state index contributed by atoms with van der Waals surface area (Å²) >= 11 is 0. The summed E-state index contributed by atoms with van der Waals surface area (Å²) in [6.45, 7) is 2.81. The highest BCUT2D eigenvalue weighted by atomic mass is 15.1. The Kier molecular flexibility index (Phi) is 2.29. The molecule has 0 aliphatic carbocycles. The van der Waals surface area contributed by atoms with Crippen LogP contribution in [0.5, 0.6) is 0 Å². The van der Waals surface area contributed by atoms with Gasteiger partial charge in [0.1, 0.15) is 5.82 Å². The van der Waals surface area contributed by atoms with Gasteiger partial charge in [-0.25, -0.2) is 4.98 Å². The van der Waals surface area contributed by atoms with Crippen molar-refractivity contribution in [3.05, 3.63) is 24.0 Å². The van der Waals surface area contributed by atoms with Gasteiger partial charge >= 0.3 is 0 Å². The first kappa shape index (κ1) is 9.66. The Labute approximate surface area is 94.5 Å². The lowest BCUT2D eigenvalue weighted by Gasteiger charge is -2.17. The SMILES string of the molecule is NCc1nc2ccc(N3CCCC3)cc2[nH]1. The van der Waals surface area contributed by atoms with Gasteiger partial charge in [-0.3, -0.25) is 0 Å². The van der Waals surface area contributed by atoms with Crippen LogP contribution in [0.3, 0.4) is 0 Å². The largest absolute Gasteiger partial charge is 0.371 e. The third kappa shape index (κ3) is 1.55. The average molecular weight is 216 g/mol. The predicted molar refractivity (Wildman–Crippen MR) is 65.4 cm³/mol. The smallest absolute Gasteiger partial charge is 0.121 e. The van der Waals surface area contributed by atoms with E-state index >= 15 is 0 Å². The van der Waals surface area contributed by atoms with Crippen molar-refractivity contribution in [1.29, 1.82) is 0 Å². The Balaban J connectivity index is 2.00. The first-order valence-electron chi connectivity index (χ1n) is 5.80. The molecule has 1 saturated heterocycles. The molecule has 2 heterocycles. The number of anilines is 1. The maximum Gasteiger partial charge on any atom is 0.121 e. The zero-order valence-electron chi connectivity index (χ0n) is 9.24. The van der Waals surface area contributed by atoms with E-state index in [2.05, 4.69) is 33.1 Å². The van der Waals surface area contributed by atoms with E-state index in [1.807, 2.05) is 0 Å². The number of benzene rings is 1. The number of aromatic nitrogens is 2. The van der Waals surface area contributed by atoms with Gasteiger partial charge in [0, 0.05) is 18.8 Å². The van der Waals surface area contributed by atoms with Crippen molar-refractivity contribution in [2.24, 2.45) is 5.73 Å². The number of imidazole rings is 1. The molecule has 1 fully saturated rings. The lowest BCUT2D eigenvalue weighted by Crippen LogP contribution is -2.17. The summed E-state index contributed by atoms with van der Waals surface area (Å²) in [5.41, 5.74) is 8.95. The van der Waals surface area contributed by atoms with Gasteiger partial charge in [-0.15, -0.1) is 0 Å². The molecule has 4 nitrogen and oxygen atoms in total. The molecule has 3 rings (SSSR count). The molecule has 1 aliphatic heterocycles. The minimum Gasteiger partial charge on any atom is -0.371 e. The van der Waals surface area contributed by atoms with Crippen LogP contribution < -0.4 is 10.6 Å². The van der Waals surface area contributed by atoms with Gasteiger partial charge in [-0.1, -0.05) is 0 Å². The van der Waals surface area contributed by atoms with Crippen LogP contribution in [-0.4, -0.2) is 23.1 Å². The second-order valence-electron chi connectivity index (χ2n) is 4.28. The number of aromatic amines is 1. The lowest BCUT2D eigenvalue weighted by molar-refractivity contribution is 0.949. The van der Waals surface area contributed by atoms with E-state index in [1.54, 1.807) is 0 Å². The third-order valence-electron chi connectivity index (χ3n) is 3.18. The molecule has 0 saturated carbocycles. The summed E-state index contributed by atoms with van der Waals surface area (Å²) in [6.07, 6.45) is 2.60. The first-order valence-corrected chi connectivity index (χ1v) is 5.80. The minimum absolute atomic E-state index is 0.466. The van der Waals surface area contributed by atoms with Crippen LogP contribution in [0.25, 0.3) is 11.0 Å². The standard InChI is InChI=1S/C12H16N4/c13-8-12-14-10-4-3-9(7-11(10)15-12)16-5-1-2-6-16/h3-4,7H,1-2,5-6,8,13H2,(H,14,15). The van der Waals surface area contributed by atoms with Crippen molar-refractivity contribution in [3.63, 3.8) is 0 Å². The molecule has 0 radical (unpaired) electrons. The highest BCUT2D eigenvalue weighted by Crippen LogP contribution is 2.23. The van der Waals surface area contributed by atoms with E-state index in [1.165, 1.54) is 31.6 Å². The van der Waals surface area contributed by atoms with Crippen molar-refractivity contribution >= 4 is 16.7 Å². The summed E-state index contributed by atoms with van der Waals surface area (Å²) < 4.78 is 0. The number of nitrogens with zero attached hydrogens (tertiary/aromatic N) is 2. The fraction of sp³-hybridized carbons (Fsp3) is 0.417. The topological polar surface area (TPSA) is 57.9 Å². The van der Waals surface area contributed by atoms with Gasteiger partial charge in [0.2, 0.25) is 0 Å². The number of nitrogens with two attached hydrogens (primary N) is 1. The molecular formula is C12H16N4. The second kappa shape index (κ2) is 3.79. The molecule has 0 spiro atoms. The number of fused-ring (bicyclic) bond motifs is 1. The molecule has 1 aromatic heterocycles. The zero-order chi connectivity index (χ0) is 11.0. The summed E-state index contributed by atoms with van der Waals surface area (Å²) in [4.78, 5) is 10.1. The fourth-order valence-electron chi connectivity index (χ4n) is 2.32. The van der Waals surface area contributed by atoms with Crippen LogP contribution in [0.4, 0.5) is 5.69 Å². The molecule has 4 heteroatoms. The summed E-state index contributed by atoms with van der Waals surface area (Å²) in [6, 6.07) is 6.39. The predicted octanol–water partition coefficient (Wildman–Crippen LogP) is 1.62. The van der Waals surface area contributed by atoms with Gasteiger partial charge in [0.15, 0.2) is 0 Å². The molecule has 1 aromatic carbocycles. The summed E-state index contributed by atoms with van der Waals surface area (Å²) in [5.74, 6) is 0.855. The van der Waals surface area contributed by atoms with Crippen LogP contribution in [0, 0.1) is 0 Å². The number of nitrogens with one attached hydrogen (secondary N) is 1. The van der Waals surface area contributed by atoms with E-state index in [4.69, 9.17) is 5.73 Å². The van der Waals surface area contributed by atoms with E-state index in [9.17, 15) is 0 Å². The second-order valence-corrected chi connectivity index (χ2v) is 4.28. The molecule has 0 amide bonds. The Bertz CT molecular complexity index is 497. The van der Waals surface area contributed by atoms with E-state index in [0.717, 1.165) is 16.9 Å². The number of hydrogen-bond donors (Lipinski definition) is 2. The van der Waals surface area contributed by atoms with Gasteiger partial charge in [-0.05, 0) is 31.0 Å². The first-order chi connectivity index (χ1) is 7.86. The Morgan fingerprint density at radius 2 is 2.12 bits per heavy atom. The molecule has 0 unspecified atom stereocenters. The van der Waals surface area contributed by atoms with Crippen molar-refractivity contribution in [2.45, 2.75) is 19.4 Å². The van der Waals surface area contributed by atoms with Crippen LogP contribution in [-0.2, 0) is 6.54 Å². The fourth-order valence-corrected chi connectivity index (χ4v) is 2.32. The van der Waals surface area contributed by atoms with E-state index in [-0.39, 0.29) is 0 Å². The highest BCUT2D eigenvalue weighted by Gasteiger charge is 2.13. The summed E-state index contributed by atoms with van der Waals surface area (Å²) in [7, 11) is 0. The van der Waals surface area contributed by atoms with Crippen LogP contribution in [0.15, 0.2) is 18.2 Å². The monoisotopic (exact) mass is 216 g/mol. The van der Waals surface area contributed by atoms with Crippen molar-refractivity contribution in [1.82, 2.24) is 9.97 Å². The van der Waals surface area contributed by atoms with E-state index in [0.29, 0.717) is 6.54 Å². The minimum atomic E-state index is 0.466. The maximum atomic E-state index is 5.57. The number of H-pyrrole nitrogens is 1. The van der Waals surface area contributed by atoms with Gasteiger partial charge in [0.05, 0.1) is 17.6 Å². The molecular weight excluding hydrogens is 200 g/mol. The summed E-state index contributed by atoms with van der Waals surface area (Å²) in [5, 5.41) is 0. The quantitative estimate of drug-likeness (QED) is 0.802. The third-order valence-corrected chi connectivity index (χ3v) is 3.18. The molecule has 16 heavy (non-hydrogen) atoms. The molecule has 84 valence electrons. The molecule has 0 atom stereocenters. The Morgan fingerprint density at radius 1 is 1.31 bits per heavy atom. The lowest BCUT2D eigenvalue weighted by atomic mass is 10.2. The van der Waals surface area contributed by atoms with Crippen molar-refractivity contribution in [2.75, 3.05) is 18.0 Å². The molecule has 1 aliphatic rings. The normalized spacial score (nSPS) is 16.2. The zero-order valence-corrected chi connectivity index (χ0v) is 9.24. The average Bonchev–Trinajstić information content (AvgIpc) is 2.96. The van der Waals surface area contributed by atoms with Crippen LogP contribution >= 0.6 is 0 Å². The van der Waals surface area contributed by atoms with Gasteiger partial charge < -0.3 is 15.6 Å². The van der Waals surface area contributed by atoms with Gasteiger partial charge in [-0.2, -0.15) is 0 Å². The Morgan fingerprint density at radius 3 is 2.88 bits per heavy atom. The van der Waals surface area contributed by atoms with Crippen LogP contribution in [0.2, 0.25) is 0 Å². The van der Waals surface area contributed by atoms with Crippen molar-refractivity contribution < 1.29 is 0 Å². The molecule has 2 aromatic rings. The van der Waals surface area contributed by atoms with Crippen molar-refractivity contribution in [3.8, 4) is 0 Å². The van der Waals surface area contributed by atoms with Gasteiger partial charge in [0.25, 0.3) is 0 Å².